The zero-order valence-electron chi connectivity index (χ0n) is 17.0. The molecule has 0 aliphatic rings. The monoisotopic (exact) mass is 585 g/mol. The Hall–Kier alpha value is -3.29. The van der Waals surface area contributed by atoms with Gasteiger partial charge in [0.15, 0.2) is 11.5 Å². The van der Waals surface area contributed by atoms with E-state index in [1.165, 1.54) is 23.0 Å². The van der Waals surface area contributed by atoms with Crippen molar-refractivity contribution in [2.45, 2.75) is 12.7 Å². The van der Waals surface area contributed by atoms with Crippen LogP contribution in [0.15, 0.2) is 56.4 Å². The molecule has 0 bridgehead atoms. The van der Waals surface area contributed by atoms with Gasteiger partial charge in [-0.25, -0.2) is 24.1 Å². The maximum atomic E-state index is 12.9. The fourth-order valence-corrected chi connectivity index (χ4v) is 4.34. The lowest BCUT2D eigenvalue weighted by molar-refractivity contribution is -0.141. The van der Waals surface area contributed by atoms with Crippen LogP contribution in [0.3, 0.4) is 0 Å². The van der Waals surface area contributed by atoms with Crippen LogP contribution in [-0.4, -0.2) is 34.7 Å². The molecule has 5 rings (SSSR count). The fraction of sp³-hybridized carbons (Fsp3) is 0.100. The third kappa shape index (κ3) is 4.54. The molecular weight excluding hydrogens is 578 g/mol. The van der Waals surface area contributed by atoms with Crippen LogP contribution in [0.2, 0.25) is 10.0 Å². The van der Waals surface area contributed by atoms with E-state index < -0.39 is 17.5 Å². The summed E-state index contributed by atoms with van der Waals surface area (Å²) >= 11 is 15.7. The highest BCUT2D eigenvalue weighted by Gasteiger charge is 2.34. The van der Waals surface area contributed by atoms with Crippen LogP contribution in [-0.2, 0) is 12.7 Å². The van der Waals surface area contributed by atoms with E-state index in [4.69, 9.17) is 27.6 Å². The molecule has 0 fully saturated rings. The van der Waals surface area contributed by atoms with Crippen molar-refractivity contribution < 1.29 is 17.6 Å². The Balaban J connectivity index is 1.67. The van der Waals surface area contributed by atoms with Crippen LogP contribution in [0, 0.1) is 0 Å². The molecule has 0 saturated heterocycles. The molecule has 0 N–H and O–H groups in total. The van der Waals surface area contributed by atoms with Gasteiger partial charge in [0, 0.05) is 15.7 Å². The van der Waals surface area contributed by atoms with Gasteiger partial charge in [-0.05, 0) is 46.3 Å². The van der Waals surface area contributed by atoms with Gasteiger partial charge in [0.1, 0.15) is 5.69 Å². The summed E-state index contributed by atoms with van der Waals surface area (Å²) in [6, 6.07) is 7.65. The summed E-state index contributed by atoms with van der Waals surface area (Å²) in [5, 5.41) is 11.7. The smallest absolute Gasteiger partial charge is 0.401 e. The highest BCUT2D eigenvalue weighted by Crippen LogP contribution is 2.30. The lowest BCUT2D eigenvalue weighted by Gasteiger charge is -2.08. The summed E-state index contributed by atoms with van der Waals surface area (Å²) < 4.78 is 46.8. The van der Waals surface area contributed by atoms with Gasteiger partial charge in [0.05, 0.1) is 34.4 Å². The average Bonchev–Trinajstić information content (AvgIpc) is 3.42. The van der Waals surface area contributed by atoms with Crippen LogP contribution >= 0.6 is 39.1 Å². The second kappa shape index (κ2) is 8.73. The Bertz CT molecular complexity index is 1650. The molecule has 35 heavy (non-hydrogen) atoms. The molecule has 0 saturated carbocycles. The number of hydrogen-bond acceptors (Lipinski definition) is 7. The van der Waals surface area contributed by atoms with Crippen molar-refractivity contribution in [2.75, 3.05) is 0 Å². The summed E-state index contributed by atoms with van der Waals surface area (Å²) in [7, 11) is 0. The Morgan fingerprint density at radius 1 is 1.17 bits per heavy atom. The molecule has 0 aliphatic heterocycles. The standard InChI is InChI=1S/C20H9BrCl2F3N7O2/c21-12-5-9(22)4-11-16(12)28-18(35-19(11)34)14-6-10(7-32-8-15(29-31-32)20(24,25)26)30-33(14)17-13(23)2-1-3-27-17/h1-6,8H,7H2. The van der Waals surface area contributed by atoms with Gasteiger partial charge in [0.25, 0.3) is 0 Å². The maximum absolute atomic E-state index is 12.9. The predicted octanol–water partition coefficient (Wildman–Crippen LogP) is 5.16. The van der Waals surface area contributed by atoms with E-state index in [2.05, 4.69) is 41.3 Å². The minimum Gasteiger partial charge on any atom is -0.401 e. The summed E-state index contributed by atoms with van der Waals surface area (Å²) in [6.07, 6.45) is -2.41. The van der Waals surface area contributed by atoms with Crippen molar-refractivity contribution >= 4 is 50.0 Å². The minimum atomic E-state index is -4.64. The second-order valence-corrected chi connectivity index (χ2v) is 8.83. The molecule has 1 aromatic carbocycles. The fourth-order valence-electron chi connectivity index (χ4n) is 3.24. The number of halogens is 6. The molecule has 0 aliphatic carbocycles. The minimum absolute atomic E-state index is 0.124. The lowest BCUT2D eigenvalue weighted by atomic mass is 10.2. The Morgan fingerprint density at radius 2 is 1.97 bits per heavy atom. The SMILES string of the molecule is O=c1oc(-c2cc(Cn3cc(C(F)(F)F)nn3)nn2-c2ncccc2Cl)nc2c(Br)cc(Cl)cc12. The van der Waals surface area contributed by atoms with Gasteiger partial charge in [-0.3, -0.25) is 0 Å². The van der Waals surface area contributed by atoms with E-state index in [0.29, 0.717) is 9.50 Å². The van der Waals surface area contributed by atoms with Crippen LogP contribution in [0.4, 0.5) is 13.2 Å². The molecule has 4 heterocycles. The Morgan fingerprint density at radius 3 is 2.69 bits per heavy atom. The molecule has 5 aromatic rings. The van der Waals surface area contributed by atoms with Crippen LogP contribution in [0.1, 0.15) is 11.4 Å². The van der Waals surface area contributed by atoms with Crippen molar-refractivity contribution in [1.29, 1.82) is 0 Å². The molecule has 0 atom stereocenters. The molecular formula is C20H9BrCl2F3N7O2. The number of hydrogen-bond donors (Lipinski definition) is 0. The largest absolute Gasteiger partial charge is 0.436 e. The van der Waals surface area contributed by atoms with Crippen LogP contribution in [0.25, 0.3) is 28.3 Å². The molecule has 178 valence electrons. The molecule has 15 heteroatoms. The maximum Gasteiger partial charge on any atom is 0.436 e. The molecule has 9 nitrogen and oxygen atoms in total. The number of aromatic nitrogens is 7. The zero-order valence-corrected chi connectivity index (χ0v) is 20.1. The van der Waals surface area contributed by atoms with Gasteiger partial charge in [0.2, 0.25) is 5.89 Å². The number of pyridine rings is 1. The normalized spacial score (nSPS) is 11.9. The topological polar surface area (TPSA) is 105 Å². The Kier molecular flexibility index (Phi) is 5.85. The van der Waals surface area contributed by atoms with Gasteiger partial charge in [-0.2, -0.15) is 18.3 Å². The molecule has 0 unspecified atom stereocenters. The van der Waals surface area contributed by atoms with E-state index in [9.17, 15) is 18.0 Å². The third-order valence-electron chi connectivity index (χ3n) is 4.72. The number of alkyl halides is 3. The molecule has 0 amide bonds. The van der Waals surface area contributed by atoms with Gasteiger partial charge in [-0.1, -0.05) is 28.4 Å². The molecule has 0 spiro atoms. The first-order valence-electron chi connectivity index (χ1n) is 9.57. The van der Waals surface area contributed by atoms with E-state index in [-0.39, 0.29) is 45.6 Å². The van der Waals surface area contributed by atoms with Crippen LogP contribution in [0.5, 0.6) is 0 Å². The van der Waals surface area contributed by atoms with Crippen molar-refractivity contribution in [3.8, 4) is 17.4 Å². The summed E-state index contributed by atoms with van der Waals surface area (Å²) in [5.41, 5.74) is -1.14. The Labute approximate surface area is 211 Å². The summed E-state index contributed by atoms with van der Waals surface area (Å²) in [4.78, 5) is 21.3. The average molecular weight is 587 g/mol. The molecule has 4 aromatic heterocycles. The zero-order chi connectivity index (χ0) is 24.9. The van der Waals surface area contributed by atoms with E-state index in [1.54, 1.807) is 18.2 Å². The van der Waals surface area contributed by atoms with Gasteiger partial charge >= 0.3 is 11.8 Å². The number of rotatable bonds is 4. The second-order valence-electron chi connectivity index (χ2n) is 7.13. The van der Waals surface area contributed by atoms with Crippen LogP contribution < -0.4 is 5.63 Å². The number of benzene rings is 1. The first-order valence-corrected chi connectivity index (χ1v) is 11.1. The molecule has 0 radical (unpaired) electrons. The van der Waals surface area contributed by atoms with E-state index >= 15 is 0 Å². The van der Waals surface area contributed by atoms with Gasteiger partial charge in [-0.15, -0.1) is 5.10 Å². The van der Waals surface area contributed by atoms with Gasteiger partial charge < -0.3 is 4.42 Å². The van der Waals surface area contributed by atoms with E-state index in [1.807, 2.05) is 0 Å². The summed E-state index contributed by atoms with van der Waals surface area (Å²) in [6.45, 7) is -0.176. The number of nitrogens with zero attached hydrogens (tertiary/aromatic N) is 7. The summed E-state index contributed by atoms with van der Waals surface area (Å²) in [5.74, 6) is 0.0604. The van der Waals surface area contributed by atoms with E-state index in [0.717, 1.165) is 10.9 Å². The van der Waals surface area contributed by atoms with Crippen molar-refractivity contribution in [3.05, 3.63) is 79.1 Å². The van der Waals surface area contributed by atoms with Crippen molar-refractivity contribution in [1.82, 2.24) is 34.7 Å². The van der Waals surface area contributed by atoms with Crippen molar-refractivity contribution in [2.24, 2.45) is 0 Å². The third-order valence-corrected chi connectivity index (χ3v) is 5.84. The van der Waals surface area contributed by atoms with Crippen molar-refractivity contribution in [3.63, 3.8) is 0 Å². The highest BCUT2D eigenvalue weighted by molar-refractivity contribution is 9.10. The lowest BCUT2D eigenvalue weighted by Crippen LogP contribution is -2.08. The highest BCUT2D eigenvalue weighted by atomic mass is 79.9. The number of fused-ring (bicyclic) bond motifs is 1. The predicted molar refractivity (Wildman–Crippen MR) is 122 cm³/mol. The first-order chi connectivity index (χ1) is 16.6. The first kappa shape index (κ1) is 23.5. The quantitative estimate of drug-likeness (QED) is 0.286.